The van der Waals surface area contributed by atoms with Crippen LogP contribution in [0.4, 0.5) is 17.6 Å². The molecule has 0 saturated heterocycles. The summed E-state index contributed by atoms with van der Waals surface area (Å²) in [4.78, 5) is 0. The topological polar surface area (TPSA) is 35.2 Å². The monoisotopic (exact) mass is 243 g/mol. The summed E-state index contributed by atoms with van der Waals surface area (Å²) in [6.07, 6.45) is -2.06. The van der Waals surface area contributed by atoms with Gasteiger partial charge in [-0.2, -0.15) is 8.78 Å². The van der Waals surface area contributed by atoms with Crippen LogP contribution < -0.4 is 5.73 Å². The van der Waals surface area contributed by atoms with Gasteiger partial charge >= 0.3 is 12.3 Å². The maximum absolute atomic E-state index is 12.6. The van der Waals surface area contributed by atoms with E-state index >= 15 is 0 Å². The van der Waals surface area contributed by atoms with Crippen molar-refractivity contribution in [2.45, 2.75) is 50.7 Å². The summed E-state index contributed by atoms with van der Waals surface area (Å²) in [5, 5.41) is 0. The molecule has 0 bridgehead atoms. The van der Waals surface area contributed by atoms with Gasteiger partial charge in [-0.3, -0.25) is 0 Å². The van der Waals surface area contributed by atoms with Gasteiger partial charge in [0.15, 0.2) is 0 Å². The standard InChI is InChI=1S/C10H17F4NO/c1-6-2-3-7(15)8(4-6)16-5-10(13,14)9(11)12/h6-9H,2-5,15H2,1H3. The Hall–Kier alpha value is -0.360. The fraction of sp³-hybridized carbons (Fsp3) is 1.00. The number of rotatable bonds is 4. The quantitative estimate of drug-likeness (QED) is 0.769. The Kier molecular flexibility index (Phi) is 4.55. The number of halogens is 4. The lowest BCUT2D eigenvalue weighted by atomic mass is 9.85. The van der Waals surface area contributed by atoms with Crippen LogP contribution in [-0.4, -0.2) is 31.1 Å². The third-order valence-corrected chi connectivity index (χ3v) is 2.91. The van der Waals surface area contributed by atoms with E-state index in [1.807, 2.05) is 6.92 Å². The van der Waals surface area contributed by atoms with Gasteiger partial charge in [0.05, 0.1) is 6.10 Å². The lowest BCUT2D eigenvalue weighted by Crippen LogP contribution is -2.44. The highest BCUT2D eigenvalue weighted by atomic mass is 19.3. The zero-order chi connectivity index (χ0) is 12.3. The molecule has 1 aliphatic carbocycles. The maximum Gasteiger partial charge on any atom is 0.330 e. The van der Waals surface area contributed by atoms with Crippen molar-refractivity contribution in [3.63, 3.8) is 0 Å². The molecule has 0 heterocycles. The Bertz CT molecular complexity index is 225. The average molecular weight is 243 g/mol. The Morgan fingerprint density at radius 1 is 1.38 bits per heavy atom. The van der Waals surface area contributed by atoms with Crippen LogP contribution in [0.2, 0.25) is 0 Å². The van der Waals surface area contributed by atoms with Gasteiger partial charge in [0.2, 0.25) is 0 Å². The van der Waals surface area contributed by atoms with E-state index in [9.17, 15) is 17.6 Å². The molecule has 1 aliphatic rings. The van der Waals surface area contributed by atoms with Crippen molar-refractivity contribution in [3.05, 3.63) is 0 Å². The largest absolute Gasteiger partial charge is 0.370 e. The number of alkyl halides is 4. The lowest BCUT2D eigenvalue weighted by molar-refractivity contribution is -0.181. The second kappa shape index (κ2) is 5.31. The molecular weight excluding hydrogens is 226 g/mol. The molecule has 0 aromatic heterocycles. The summed E-state index contributed by atoms with van der Waals surface area (Å²) in [7, 11) is 0. The first-order valence-corrected chi connectivity index (χ1v) is 5.36. The highest BCUT2D eigenvalue weighted by Crippen LogP contribution is 2.28. The van der Waals surface area contributed by atoms with Crippen molar-refractivity contribution in [3.8, 4) is 0 Å². The van der Waals surface area contributed by atoms with Crippen molar-refractivity contribution >= 4 is 0 Å². The first-order valence-electron chi connectivity index (χ1n) is 5.36. The van der Waals surface area contributed by atoms with Gasteiger partial charge < -0.3 is 10.5 Å². The predicted octanol–water partition coefficient (Wildman–Crippen LogP) is 2.42. The van der Waals surface area contributed by atoms with Crippen LogP contribution >= 0.6 is 0 Å². The van der Waals surface area contributed by atoms with Gasteiger partial charge in [-0.05, 0) is 25.2 Å². The second-order valence-corrected chi connectivity index (χ2v) is 4.49. The molecule has 3 atom stereocenters. The molecule has 0 amide bonds. The van der Waals surface area contributed by atoms with Crippen LogP contribution in [0.3, 0.4) is 0 Å². The zero-order valence-electron chi connectivity index (χ0n) is 9.14. The molecule has 1 saturated carbocycles. The second-order valence-electron chi connectivity index (χ2n) is 4.49. The Labute approximate surface area is 92.1 Å². The van der Waals surface area contributed by atoms with E-state index in [0.717, 1.165) is 6.42 Å². The molecular formula is C10H17F4NO. The van der Waals surface area contributed by atoms with E-state index in [2.05, 4.69) is 0 Å². The molecule has 16 heavy (non-hydrogen) atoms. The fourth-order valence-electron chi connectivity index (χ4n) is 1.82. The predicted molar refractivity (Wildman–Crippen MR) is 51.7 cm³/mol. The Morgan fingerprint density at radius 3 is 2.56 bits per heavy atom. The molecule has 6 heteroatoms. The van der Waals surface area contributed by atoms with E-state index in [-0.39, 0.29) is 6.04 Å². The summed E-state index contributed by atoms with van der Waals surface area (Å²) in [5.41, 5.74) is 5.69. The minimum Gasteiger partial charge on any atom is -0.370 e. The minimum atomic E-state index is -4.08. The molecule has 1 rings (SSSR count). The fourth-order valence-corrected chi connectivity index (χ4v) is 1.82. The number of hydrogen-bond acceptors (Lipinski definition) is 2. The summed E-state index contributed by atoms with van der Waals surface area (Å²) >= 11 is 0. The van der Waals surface area contributed by atoms with E-state index in [1.54, 1.807) is 0 Å². The van der Waals surface area contributed by atoms with Gasteiger partial charge in [-0.25, -0.2) is 8.78 Å². The van der Waals surface area contributed by atoms with Crippen LogP contribution in [0, 0.1) is 5.92 Å². The molecule has 0 spiro atoms. The van der Waals surface area contributed by atoms with Crippen molar-refractivity contribution in [1.82, 2.24) is 0 Å². The average Bonchev–Trinajstić information content (AvgIpc) is 2.19. The molecule has 0 aromatic rings. The first kappa shape index (κ1) is 13.7. The van der Waals surface area contributed by atoms with E-state index in [1.165, 1.54) is 0 Å². The van der Waals surface area contributed by atoms with Crippen molar-refractivity contribution in [1.29, 1.82) is 0 Å². The Morgan fingerprint density at radius 2 is 2.00 bits per heavy atom. The first-order chi connectivity index (χ1) is 7.33. The number of hydrogen-bond donors (Lipinski definition) is 1. The Balaban J connectivity index is 2.41. The molecule has 96 valence electrons. The molecule has 1 fully saturated rings. The van der Waals surface area contributed by atoms with Crippen LogP contribution in [0.25, 0.3) is 0 Å². The summed E-state index contributed by atoms with van der Waals surface area (Å²) in [6.45, 7) is 0.712. The van der Waals surface area contributed by atoms with Crippen LogP contribution in [0.5, 0.6) is 0 Å². The van der Waals surface area contributed by atoms with Gasteiger partial charge in [0.1, 0.15) is 6.61 Å². The molecule has 2 nitrogen and oxygen atoms in total. The molecule has 0 radical (unpaired) electrons. The lowest BCUT2D eigenvalue weighted by Gasteiger charge is -2.33. The highest BCUT2D eigenvalue weighted by Gasteiger charge is 2.42. The third-order valence-electron chi connectivity index (χ3n) is 2.91. The summed E-state index contributed by atoms with van der Waals surface area (Å²) < 4.78 is 53.8. The van der Waals surface area contributed by atoms with Crippen LogP contribution in [0.15, 0.2) is 0 Å². The summed E-state index contributed by atoms with van der Waals surface area (Å²) in [6, 6.07) is -0.329. The zero-order valence-corrected chi connectivity index (χ0v) is 9.14. The molecule has 0 aromatic carbocycles. The molecule has 3 unspecified atom stereocenters. The van der Waals surface area contributed by atoms with Crippen LogP contribution in [-0.2, 0) is 4.74 Å². The van der Waals surface area contributed by atoms with E-state index in [4.69, 9.17) is 10.5 Å². The van der Waals surface area contributed by atoms with Crippen molar-refractivity contribution in [2.75, 3.05) is 6.61 Å². The van der Waals surface area contributed by atoms with E-state index < -0.39 is 25.1 Å². The molecule has 0 aliphatic heterocycles. The van der Waals surface area contributed by atoms with Crippen molar-refractivity contribution < 1.29 is 22.3 Å². The number of ether oxygens (including phenoxy) is 1. The maximum atomic E-state index is 12.6. The van der Waals surface area contributed by atoms with Gasteiger partial charge in [0.25, 0.3) is 0 Å². The van der Waals surface area contributed by atoms with Crippen molar-refractivity contribution in [2.24, 2.45) is 11.7 Å². The highest BCUT2D eigenvalue weighted by molar-refractivity contribution is 4.82. The van der Waals surface area contributed by atoms with Gasteiger partial charge in [-0.15, -0.1) is 0 Å². The molecule has 2 N–H and O–H groups in total. The third kappa shape index (κ3) is 3.59. The SMILES string of the molecule is CC1CCC(N)C(OCC(F)(F)C(F)F)C1. The van der Waals surface area contributed by atoms with Crippen LogP contribution in [0.1, 0.15) is 26.2 Å². The van der Waals surface area contributed by atoms with Gasteiger partial charge in [-0.1, -0.05) is 6.92 Å². The number of nitrogens with two attached hydrogens (primary N) is 1. The smallest absolute Gasteiger partial charge is 0.330 e. The van der Waals surface area contributed by atoms with Gasteiger partial charge in [0, 0.05) is 6.04 Å². The summed E-state index contributed by atoms with van der Waals surface area (Å²) in [5.74, 6) is -3.74. The van der Waals surface area contributed by atoms with E-state index in [0.29, 0.717) is 18.8 Å². The normalized spacial score (nSPS) is 32.1. The minimum absolute atomic E-state index is 0.329.